The minimum Gasteiger partial charge on any atom is -0.341 e. The molecule has 3 aromatic rings. The summed E-state index contributed by atoms with van der Waals surface area (Å²) in [4.78, 5) is 12.7. The molecule has 0 saturated carbocycles. The van der Waals surface area contributed by atoms with Crippen LogP contribution in [0.1, 0.15) is 32.8 Å². The zero-order valence-corrected chi connectivity index (χ0v) is 16.9. The number of alkyl halides is 5. The van der Waals surface area contributed by atoms with Crippen LogP contribution in [0.3, 0.4) is 0 Å². The zero-order chi connectivity index (χ0) is 22.6. The molecule has 1 aliphatic heterocycles. The molecule has 0 amide bonds. The van der Waals surface area contributed by atoms with Gasteiger partial charge in [0.15, 0.2) is 5.82 Å². The molecule has 0 spiro atoms. The number of nitrogens with one attached hydrogen (secondary N) is 1. The Bertz CT molecular complexity index is 1170. The average molecular weight is 438 g/mol. The van der Waals surface area contributed by atoms with Gasteiger partial charge >= 0.3 is 6.18 Å². The molecule has 11 heteroatoms. The van der Waals surface area contributed by atoms with Gasteiger partial charge in [-0.2, -0.15) is 13.2 Å². The number of hydrogen-bond acceptors (Lipinski definition) is 5. The molecule has 31 heavy (non-hydrogen) atoms. The predicted molar refractivity (Wildman–Crippen MR) is 106 cm³/mol. The summed E-state index contributed by atoms with van der Waals surface area (Å²) in [6, 6.07) is 1.69. The molecular formula is C20H19F5N6. The van der Waals surface area contributed by atoms with Gasteiger partial charge in [0, 0.05) is 46.6 Å². The first-order valence-electron chi connectivity index (χ1n) is 9.51. The van der Waals surface area contributed by atoms with Crippen LogP contribution in [0.4, 0.5) is 33.7 Å². The fourth-order valence-corrected chi connectivity index (χ4v) is 3.63. The molecule has 0 fully saturated rings. The fourth-order valence-electron chi connectivity index (χ4n) is 3.63. The molecule has 2 atom stereocenters. The Balaban J connectivity index is 1.70. The van der Waals surface area contributed by atoms with E-state index in [-0.39, 0.29) is 12.4 Å². The van der Waals surface area contributed by atoms with Crippen LogP contribution in [0.25, 0.3) is 16.6 Å². The summed E-state index contributed by atoms with van der Waals surface area (Å²) < 4.78 is 66.1. The molecule has 1 unspecified atom stereocenters. The lowest BCUT2D eigenvalue weighted by Gasteiger charge is -2.25. The van der Waals surface area contributed by atoms with Crippen molar-refractivity contribution in [2.45, 2.75) is 51.3 Å². The highest BCUT2D eigenvalue weighted by Gasteiger charge is 2.40. The van der Waals surface area contributed by atoms with Crippen LogP contribution < -0.4 is 5.32 Å². The molecule has 0 bridgehead atoms. The van der Waals surface area contributed by atoms with Crippen LogP contribution in [0.5, 0.6) is 0 Å². The molecule has 6 nitrogen and oxygen atoms in total. The number of hydrogen-bond donors (Lipinski definition) is 1. The minimum absolute atomic E-state index is 0.167. The van der Waals surface area contributed by atoms with Crippen molar-refractivity contribution in [1.82, 2.24) is 19.6 Å². The van der Waals surface area contributed by atoms with E-state index >= 15 is 0 Å². The van der Waals surface area contributed by atoms with Crippen molar-refractivity contribution in [1.29, 1.82) is 0 Å². The van der Waals surface area contributed by atoms with Gasteiger partial charge in [-0.25, -0.2) is 28.3 Å². The molecule has 164 valence electrons. The van der Waals surface area contributed by atoms with Crippen LogP contribution in [-0.4, -0.2) is 43.9 Å². The standard InChI is InChI=1S/C20H19F5N6/c1-10-19(3,7-16(21)22)14-6-12(8-26-17(14)28-10)13-4-5-31-15(13)9-27-18(30-31)29-11(2)20(23,24)25/h4-6,8-9,11,16H,7H2,1-3H3,(H,29,30)/t11-,19?/m1/s1. The molecule has 1 N–H and O–H groups in total. The van der Waals surface area contributed by atoms with Crippen molar-refractivity contribution in [3.8, 4) is 11.1 Å². The number of aliphatic imine (C=N–C) groups is 1. The molecule has 0 aromatic carbocycles. The van der Waals surface area contributed by atoms with E-state index in [0.717, 1.165) is 6.92 Å². The van der Waals surface area contributed by atoms with Crippen LogP contribution in [-0.2, 0) is 5.41 Å². The summed E-state index contributed by atoms with van der Waals surface area (Å²) in [6.07, 6.45) is -2.73. The molecule has 1 aliphatic rings. The minimum atomic E-state index is -4.43. The first-order valence-corrected chi connectivity index (χ1v) is 9.51. The SMILES string of the molecule is CC1=Nc2ncc(-c3ccn4nc(N[C@H](C)C(F)(F)F)ncc34)cc2C1(C)CC(F)F. The van der Waals surface area contributed by atoms with Crippen molar-refractivity contribution < 1.29 is 22.0 Å². The molecule has 3 aromatic heterocycles. The molecule has 0 aliphatic carbocycles. The van der Waals surface area contributed by atoms with E-state index in [2.05, 4.69) is 25.4 Å². The first-order chi connectivity index (χ1) is 14.5. The maximum Gasteiger partial charge on any atom is 0.408 e. The van der Waals surface area contributed by atoms with Gasteiger partial charge in [0.1, 0.15) is 6.04 Å². The second-order valence-corrected chi connectivity index (χ2v) is 7.77. The normalized spacial score (nSPS) is 19.6. The van der Waals surface area contributed by atoms with E-state index in [9.17, 15) is 22.0 Å². The van der Waals surface area contributed by atoms with Crippen LogP contribution in [0.2, 0.25) is 0 Å². The third-order valence-corrected chi connectivity index (χ3v) is 5.66. The lowest BCUT2D eigenvalue weighted by atomic mass is 9.77. The monoisotopic (exact) mass is 438 g/mol. The van der Waals surface area contributed by atoms with Gasteiger partial charge in [0.05, 0.1) is 11.7 Å². The van der Waals surface area contributed by atoms with Crippen molar-refractivity contribution in [3.63, 3.8) is 0 Å². The van der Waals surface area contributed by atoms with Crippen LogP contribution in [0, 0.1) is 0 Å². The quantitative estimate of drug-likeness (QED) is 0.558. The number of nitrogens with zero attached hydrogens (tertiary/aromatic N) is 5. The van der Waals surface area contributed by atoms with E-state index in [0.29, 0.717) is 33.7 Å². The zero-order valence-electron chi connectivity index (χ0n) is 16.9. The number of pyridine rings is 1. The Morgan fingerprint density at radius 3 is 2.61 bits per heavy atom. The third kappa shape index (κ3) is 3.72. The Labute approximate surface area is 174 Å². The Hall–Kier alpha value is -3.11. The highest BCUT2D eigenvalue weighted by molar-refractivity contribution is 5.99. The van der Waals surface area contributed by atoms with Gasteiger partial charge in [-0.05, 0) is 32.9 Å². The highest BCUT2D eigenvalue weighted by atomic mass is 19.4. The van der Waals surface area contributed by atoms with Crippen LogP contribution in [0.15, 0.2) is 35.7 Å². The average Bonchev–Trinajstić information content (AvgIpc) is 3.19. The number of anilines is 1. The van der Waals surface area contributed by atoms with Gasteiger partial charge in [-0.15, -0.1) is 5.10 Å². The van der Waals surface area contributed by atoms with Gasteiger partial charge in [0.2, 0.25) is 12.4 Å². The van der Waals surface area contributed by atoms with E-state index in [1.807, 2.05) is 0 Å². The topological polar surface area (TPSA) is 67.5 Å². The maximum atomic E-state index is 13.2. The fraction of sp³-hybridized carbons (Fsp3) is 0.400. The van der Waals surface area contributed by atoms with Crippen molar-refractivity contribution >= 4 is 23.0 Å². The molecule has 0 radical (unpaired) electrons. The van der Waals surface area contributed by atoms with Gasteiger partial charge < -0.3 is 5.32 Å². The lowest BCUT2D eigenvalue weighted by molar-refractivity contribution is -0.138. The second kappa shape index (κ2) is 7.24. The lowest BCUT2D eigenvalue weighted by Crippen LogP contribution is -2.33. The summed E-state index contributed by atoms with van der Waals surface area (Å²) in [5.41, 5.74) is 2.13. The van der Waals surface area contributed by atoms with E-state index in [1.54, 1.807) is 38.4 Å². The molecule has 4 heterocycles. The molecule has 0 saturated heterocycles. The first kappa shape index (κ1) is 21.1. The van der Waals surface area contributed by atoms with Gasteiger partial charge in [-0.3, -0.25) is 0 Å². The number of rotatable bonds is 5. The summed E-state index contributed by atoms with van der Waals surface area (Å²) in [6.45, 7) is 4.41. The number of aromatic nitrogens is 4. The van der Waals surface area contributed by atoms with E-state index in [4.69, 9.17) is 0 Å². The molecular weight excluding hydrogens is 419 g/mol. The van der Waals surface area contributed by atoms with Crippen LogP contribution >= 0.6 is 0 Å². The largest absolute Gasteiger partial charge is 0.408 e. The highest BCUT2D eigenvalue weighted by Crippen LogP contribution is 2.44. The third-order valence-electron chi connectivity index (χ3n) is 5.66. The van der Waals surface area contributed by atoms with E-state index in [1.165, 1.54) is 10.7 Å². The number of fused-ring (bicyclic) bond motifs is 2. The van der Waals surface area contributed by atoms with E-state index < -0.39 is 24.1 Å². The van der Waals surface area contributed by atoms with Crippen molar-refractivity contribution in [2.24, 2.45) is 4.99 Å². The van der Waals surface area contributed by atoms with Crippen molar-refractivity contribution in [2.75, 3.05) is 5.32 Å². The van der Waals surface area contributed by atoms with Gasteiger partial charge in [-0.1, -0.05) is 0 Å². The Kier molecular flexibility index (Phi) is 4.94. The number of halogens is 5. The second-order valence-electron chi connectivity index (χ2n) is 7.77. The maximum absolute atomic E-state index is 13.2. The summed E-state index contributed by atoms with van der Waals surface area (Å²) in [7, 11) is 0. The summed E-state index contributed by atoms with van der Waals surface area (Å²) in [5, 5.41) is 6.30. The van der Waals surface area contributed by atoms with Crippen molar-refractivity contribution in [3.05, 3.63) is 36.3 Å². The van der Waals surface area contributed by atoms with Gasteiger partial charge in [0.25, 0.3) is 0 Å². The predicted octanol–water partition coefficient (Wildman–Crippen LogP) is 5.17. The molecule has 4 rings (SSSR count). The Morgan fingerprint density at radius 2 is 1.94 bits per heavy atom. The smallest absolute Gasteiger partial charge is 0.341 e. The summed E-state index contributed by atoms with van der Waals surface area (Å²) in [5.74, 6) is 0.247. The summed E-state index contributed by atoms with van der Waals surface area (Å²) >= 11 is 0. The Morgan fingerprint density at radius 1 is 1.19 bits per heavy atom.